The molecular formula is C9H18O4. The fourth-order valence-electron chi connectivity index (χ4n) is 0.880. The SMILES string of the molecule is CCC/C(OC)=C(\OC)OCOC. The highest BCUT2D eigenvalue weighted by Gasteiger charge is 2.08. The van der Waals surface area contributed by atoms with Crippen LogP contribution in [0.4, 0.5) is 0 Å². The number of hydrogen-bond donors (Lipinski definition) is 0. The molecule has 0 aromatic rings. The number of methoxy groups -OCH3 is 3. The van der Waals surface area contributed by atoms with E-state index < -0.39 is 0 Å². The van der Waals surface area contributed by atoms with Gasteiger partial charge in [-0.25, -0.2) is 0 Å². The highest BCUT2D eigenvalue weighted by molar-refractivity contribution is 4.94. The first-order valence-electron chi connectivity index (χ1n) is 4.23. The normalized spacial score (nSPS) is 12.0. The molecule has 0 amide bonds. The Morgan fingerprint density at radius 2 is 1.77 bits per heavy atom. The monoisotopic (exact) mass is 190 g/mol. The van der Waals surface area contributed by atoms with Gasteiger partial charge in [0.05, 0.1) is 14.2 Å². The molecule has 78 valence electrons. The van der Waals surface area contributed by atoms with Crippen molar-refractivity contribution in [3.63, 3.8) is 0 Å². The molecule has 0 saturated carbocycles. The van der Waals surface area contributed by atoms with Gasteiger partial charge in [0.25, 0.3) is 0 Å². The van der Waals surface area contributed by atoms with Gasteiger partial charge in [-0.1, -0.05) is 6.92 Å². The van der Waals surface area contributed by atoms with Gasteiger partial charge < -0.3 is 18.9 Å². The summed E-state index contributed by atoms with van der Waals surface area (Å²) in [5, 5.41) is 0. The number of hydrogen-bond acceptors (Lipinski definition) is 4. The topological polar surface area (TPSA) is 36.9 Å². The summed E-state index contributed by atoms with van der Waals surface area (Å²) in [6, 6.07) is 0. The van der Waals surface area contributed by atoms with E-state index >= 15 is 0 Å². The second-order valence-corrected chi connectivity index (χ2v) is 2.42. The fraction of sp³-hybridized carbons (Fsp3) is 0.778. The van der Waals surface area contributed by atoms with Crippen LogP contribution in [0.3, 0.4) is 0 Å². The highest BCUT2D eigenvalue weighted by atomic mass is 16.7. The Morgan fingerprint density at radius 1 is 1.08 bits per heavy atom. The van der Waals surface area contributed by atoms with E-state index in [2.05, 4.69) is 6.92 Å². The minimum absolute atomic E-state index is 0.166. The van der Waals surface area contributed by atoms with Crippen LogP contribution in [0.15, 0.2) is 11.7 Å². The first kappa shape index (κ1) is 12.1. The zero-order valence-corrected chi connectivity index (χ0v) is 8.75. The molecule has 4 nitrogen and oxygen atoms in total. The van der Waals surface area contributed by atoms with Crippen LogP contribution in [0.5, 0.6) is 0 Å². The fourth-order valence-corrected chi connectivity index (χ4v) is 0.880. The van der Waals surface area contributed by atoms with E-state index in [4.69, 9.17) is 18.9 Å². The van der Waals surface area contributed by atoms with Crippen molar-refractivity contribution in [2.24, 2.45) is 0 Å². The van der Waals surface area contributed by atoms with Crippen molar-refractivity contribution in [2.45, 2.75) is 19.8 Å². The van der Waals surface area contributed by atoms with Gasteiger partial charge >= 0.3 is 5.95 Å². The van der Waals surface area contributed by atoms with E-state index in [0.29, 0.717) is 11.7 Å². The molecule has 0 N–H and O–H groups in total. The smallest absolute Gasteiger partial charge is 0.320 e. The van der Waals surface area contributed by atoms with Gasteiger partial charge in [-0.3, -0.25) is 0 Å². The van der Waals surface area contributed by atoms with Crippen LogP contribution in [0.1, 0.15) is 19.8 Å². The lowest BCUT2D eigenvalue weighted by atomic mass is 10.3. The summed E-state index contributed by atoms with van der Waals surface area (Å²) in [6.45, 7) is 2.22. The Balaban J connectivity index is 4.23. The average molecular weight is 190 g/mol. The molecule has 0 unspecified atom stereocenters. The number of rotatable bonds is 7. The second kappa shape index (κ2) is 7.73. The molecule has 0 spiro atoms. The minimum Gasteiger partial charge on any atom is -0.494 e. The number of allylic oxidation sites excluding steroid dienone is 1. The molecule has 0 fully saturated rings. The van der Waals surface area contributed by atoms with Crippen molar-refractivity contribution in [3.8, 4) is 0 Å². The Morgan fingerprint density at radius 3 is 2.15 bits per heavy atom. The van der Waals surface area contributed by atoms with Crippen molar-refractivity contribution in [2.75, 3.05) is 28.1 Å². The van der Waals surface area contributed by atoms with Crippen molar-refractivity contribution in [3.05, 3.63) is 11.7 Å². The zero-order valence-electron chi connectivity index (χ0n) is 8.75. The summed E-state index contributed by atoms with van der Waals surface area (Å²) < 4.78 is 20.0. The summed E-state index contributed by atoms with van der Waals surface area (Å²) in [5.41, 5.74) is 0. The van der Waals surface area contributed by atoms with Crippen molar-refractivity contribution in [1.29, 1.82) is 0 Å². The van der Waals surface area contributed by atoms with Gasteiger partial charge in [0, 0.05) is 13.5 Å². The lowest BCUT2D eigenvalue weighted by molar-refractivity contribution is -0.0569. The van der Waals surface area contributed by atoms with Crippen molar-refractivity contribution in [1.82, 2.24) is 0 Å². The second-order valence-electron chi connectivity index (χ2n) is 2.42. The van der Waals surface area contributed by atoms with Crippen molar-refractivity contribution >= 4 is 0 Å². The summed E-state index contributed by atoms with van der Waals surface area (Å²) in [7, 11) is 4.69. The van der Waals surface area contributed by atoms with E-state index in [-0.39, 0.29) is 6.79 Å². The third-order valence-electron chi connectivity index (χ3n) is 1.44. The lowest BCUT2D eigenvalue weighted by Gasteiger charge is -2.12. The summed E-state index contributed by atoms with van der Waals surface area (Å²) >= 11 is 0. The van der Waals surface area contributed by atoms with E-state index in [1.165, 1.54) is 0 Å². The summed E-state index contributed by atoms with van der Waals surface area (Å²) in [5.74, 6) is 1.10. The maximum absolute atomic E-state index is 5.16. The van der Waals surface area contributed by atoms with Crippen molar-refractivity contribution < 1.29 is 18.9 Å². The highest BCUT2D eigenvalue weighted by Crippen LogP contribution is 2.13. The quantitative estimate of drug-likeness (QED) is 0.453. The Kier molecular flexibility index (Phi) is 7.20. The van der Waals surface area contributed by atoms with Crippen LogP contribution >= 0.6 is 0 Å². The predicted molar refractivity (Wildman–Crippen MR) is 48.9 cm³/mol. The van der Waals surface area contributed by atoms with Gasteiger partial charge in [0.1, 0.15) is 0 Å². The molecular weight excluding hydrogens is 172 g/mol. The lowest BCUT2D eigenvalue weighted by Crippen LogP contribution is -2.04. The van der Waals surface area contributed by atoms with E-state index in [9.17, 15) is 0 Å². The average Bonchev–Trinajstić information content (AvgIpc) is 2.17. The van der Waals surface area contributed by atoms with E-state index in [1.54, 1.807) is 21.3 Å². The molecule has 0 radical (unpaired) electrons. The Hall–Kier alpha value is -0.900. The van der Waals surface area contributed by atoms with Crippen LogP contribution < -0.4 is 0 Å². The van der Waals surface area contributed by atoms with Gasteiger partial charge in [0.15, 0.2) is 12.6 Å². The third kappa shape index (κ3) is 4.62. The molecule has 0 saturated heterocycles. The van der Waals surface area contributed by atoms with Crippen LogP contribution in [0.2, 0.25) is 0 Å². The molecule has 0 bridgehead atoms. The van der Waals surface area contributed by atoms with Gasteiger partial charge in [-0.2, -0.15) is 0 Å². The first-order chi connectivity index (χ1) is 6.29. The standard InChI is InChI=1S/C9H18O4/c1-5-6-8(11-3)9(12-4)13-7-10-2/h5-7H2,1-4H3/b9-8-. The van der Waals surface area contributed by atoms with E-state index in [1.807, 2.05) is 0 Å². The number of ether oxygens (including phenoxy) is 4. The maximum Gasteiger partial charge on any atom is 0.320 e. The summed E-state index contributed by atoms with van der Waals surface area (Å²) in [6.07, 6.45) is 1.77. The van der Waals surface area contributed by atoms with Crippen LogP contribution in [0.25, 0.3) is 0 Å². The molecule has 0 aromatic carbocycles. The minimum atomic E-state index is 0.166. The molecule has 0 aliphatic heterocycles. The van der Waals surface area contributed by atoms with E-state index in [0.717, 1.165) is 12.8 Å². The molecule has 0 atom stereocenters. The van der Waals surface area contributed by atoms with Gasteiger partial charge in [-0.05, 0) is 6.42 Å². The largest absolute Gasteiger partial charge is 0.494 e. The molecule has 0 heterocycles. The molecule has 0 aromatic heterocycles. The summed E-state index contributed by atoms with van der Waals surface area (Å²) in [4.78, 5) is 0. The van der Waals surface area contributed by atoms with Crippen LogP contribution in [0, 0.1) is 0 Å². The maximum atomic E-state index is 5.16. The Bertz CT molecular complexity index is 154. The predicted octanol–water partition coefficient (Wildman–Crippen LogP) is 1.87. The van der Waals surface area contributed by atoms with Crippen LogP contribution in [-0.4, -0.2) is 28.1 Å². The Labute approximate surface area is 79.4 Å². The first-order valence-corrected chi connectivity index (χ1v) is 4.23. The third-order valence-corrected chi connectivity index (χ3v) is 1.44. The van der Waals surface area contributed by atoms with Gasteiger partial charge in [-0.15, -0.1) is 0 Å². The zero-order chi connectivity index (χ0) is 10.1. The molecule has 0 aliphatic rings. The molecule has 13 heavy (non-hydrogen) atoms. The van der Waals surface area contributed by atoms with Crippen LogP contribution in [-0.2, 0) is 18.9 Å². The molecule has 0 aliphatic carbocycles. The molecule has 4 heteroatoms. The molecule has 0 rings (SSSR count). The van der Waals surface area contributed by atoms with Gasteiger partial charge in [0.2, 0.25) is 0 Å².